The number of nitrogens with zero attached hydrogens (tertiary/aromatic N) is 2. The SMILES string of the molecule is C[C@](N)(CO[PH](=O)O)c1nnc(-c2ccc(OCCCCOCc3ccccc3)c(C(F)(F)F)c2)s1. The maximum absolute atomic E-state index is 13.7. The van der Waals surface area contributed by atoms with Crippen LogP contribution < -0.4 is 10.5 Å². The van der Waals surface area contributed by atoms with Crippen LogP contribution in [0.5, 0.6) is 5.75 Å². The van der Waals surface area contributed by atoms with Crippen molar-refractivity contribution in [2.75, 3.05) is 19.8 Å². The number of aromatic nitrogens is 2. The van der Waals surface area contributed by atoms with E-state index in [1.54, 1.807) is 0 Å². The first-order chi connectivity index (χ1) is 17.1. The molecule has 1 heterocycles. The highest BCUT2D eigenvalue weighted by Crippen LogP contribution is 2.40. The number of hydrogen-bond acceptors (Lipinski definition) is 8. The lowest BCUT2D eigenvalue weighted by molar-refractivity contribution is -0.138. The number of halogens is 3. The summed E-state index contributed by atoms with van der Waals surface area (Å²) in [6.45, 7) is 2.29. The Morgan fingerprint density at radius 3 is 2.50 bits per heavy atom. The first-order valence-corrected chi connectivity index (χ1v) is 13.1. The third kappa shape index (κ3) is 8.36. The van der Waals surface area contributed by atoms with Crippen LogP contribution in [-0.2, 0) is 32.1 Å². The molecule has 36 heavy (non-hydrogen) atoms. The molecule has 1 unspecified atom stereocenters. The number of ether oxygens (including phenoxy) is 2. The Labute approximate surface area is 211 Å². The van der Waals surface area contributed by atoms with Crippen LogP contribution >= 0.6 is 19.6 Å². The molecule has 0 spiro atoms. The van der Waals surface area contributed by atoms with E-state index in [9.17, 15) is 17.7 Å². The molecule has 8 nitrogen and oxygen atoms in total. The number of unbranched alkanes of at least 4 members (excludes halogenated alkanes) is 1. The van der Waals surface area contributed by atoms with E-state index in [0.29, 0.717) is 26.1 Å². The van der Waals surface area contributed by atoms with Crippen LogP contribution in [0.3, 0.4) is 0 Å². The molecule has 0 saturated heterocycles. The van der Waals surface area contributed by atoms with E-state index >= 15 is 0 Å². The van der Waals surface area contributed by atoms with Gasteiger partial charge in [-0.2, -0.15) is 13.2 Å². The number of nitrogens with two attached hydrogens (primary N) is 1. The summed E-state index contributed by atoms with van der Waals surface area (Å²) in [7, 11) is -3.19. The van der Waals surface area contributed by atoms with Gasteiger partial charge in [-0.15, -0.1) is 10.2 Å². The molecular formula is C23H27F3N3O5PS. The van der Waals surface area contributed by atoms with Gasteiger partial charge in [0.25, 0.3) is 0 Å². The van der Waals surface area contributed by atoms with Crippen LogP contribution in [0, 0.1) is 0 Å². The Hall–Kier alpha value is -2.34. The summed E-state index contributed by atoms with van der Waals surface area (Å²) in [6, 6.07) is 13.4. The highest BCUT2D eigenvalue weighted by atomic mass is 32.1. The van der Waals surface area contributed by atoms with E-state index in [1.807, 2.05) is 30.3 Å². The van der Waals surface area contributed by atoms with Crippen LogP contribution in [0.1, 0.15) is 35.9 Å². The second-order valence-corrected chi connectivity index (χ2v) is 9.98. The van der Waals surface area contributed by atoms with Crippen molar-refractivity contribution in [1.29, 1.82) is 0 Å². The predicted molar refractivity (Wildman–Crippen MR) is 130 cm³/mol. The molecule has 0 bridgehead atoms. The van der Waals surface area contributed by atoms with E-state index < -0.39 is 25.5 Å². The van der Waals surface area contributed by atoms with Crippen molar-refractivity contribution in [1.82, 2.24) is 10.2 Å². The Morgan fingerprint density at radius 2 is 1.81 bits per heavy atom. The number of rotatable bonds is 13. The Kier molecular flexibility index (Phi) is 10.0. The van der Waals surface area contributed by atoms with Crippen molar-refractivity contribution in [2.45, 2.75) is 38.1 Å². The molecule has 0 amide bonds. The van der Waals surface area contributed by atoms with E-state index in [0.717, 1.165) is 23.0 Å². The molecule has 0 aliphatic carbocycles. The van der Waals surface area contributed by atoms with Crippen molar-refractivity contribution in [2.24, 2.45) is 5.73 Å². The van der Waals surface area contributed by atoms with Gasteiger partial charge >= 0.3 is 14.4 Å². The minimum absolute atomic E-state index is 0.111. The highest BCUT2D eigenvalue weighted by molar-refractivity contribution is 7.32. The molecule has 3 N–H and O–H groups in total. The summed E-state index contributed by atoms with van der Waals surface area (Å²) in [6.07, 6.45) is -3.46. The molecular weight excluding hydrogens is 518 g/mol. The van der Waals surface area contributed by atoms with Gasteiger partial charge in [0.1, 0.15) is 15.8 Å². The average Bonchev–Trinajstić information content (AvgIpc) is 3.34. The number of benzene rings is 2. The van der Waals surface area contributed by atoms with Crippen LogP contribution in [-0.4, -0.2) is 34.9 Å². The summed E-state index contributed by atoms with van der Waals surface area (Å²) in [5.74, 6) is -0.272. The van der Waals surface area contributed by atoms with Crippen molar-refractivity contribution in [3.63, 3.8) is 0 Å². The van der Waals surface area contributed by atoms with Crippen LogP contribution in [0.2, 0.25) is 0 Å². The highest BCUT2D eigenvalue weighted by Gasteiger charge is 2.35. The molecule has 3 aromatic rings. The van der Waals surface area contributed by atoms with Gasteiger partial charge in [-0.05, 0) is 43.5 Å². The van der Waals surface area contributed by atoms with E-state index in [-0.39, 0.29) is 34.5 Å². The normalized spacial score (nSPS) is 14.4. The monoisotopic (exact) mass is 545 g/mol. The summed E-state index contributed by atoms with van der Waals surface area (Å²) >= 11 is 0.976. The van der Waals surface area contributed by atoms with Gasteiger partial charge in [0.15, 0.2) is 0 Å². The van der Waals surface area contributed by atoms with Crippen molar-refractivity contribution in [3.8, 4) is 16.3 Å². The Morgan fingerprint density at radius 1 is 1.08 bits per heavy atom. The second kappa shape index (κ2) is 12.8. The lowest BCUT2D eigenvalue weighted by atomic mass is 10.1. The molecule has 2 aromatic carbocycles. The van der Waals surface area contributed by atoms with Gasteiger partial charge in [-0.25, -0.2) is 0 Å². The summed E-state index contributed by atoms with van der Waals surface area (Å²) < 4.78 is 67.7. The van der Waals surface area contributed by atoms with Gasteiger partial charge in [-0.3, -0.25) is 4.57 Å². The van der Waals surface area contributed by atoms with Gasteiger partial charge in [0.05, 0.1) is 30.9 Å². The molecule has 0 aliphatic rings. The van der Waals surface area contributed by atoms with Crippen molar-refractivity contribution in [3.05, 3.63) is 64.7 Å². The van der Waals surface area contributed by atoms with Crippen LogP contribution in [0.25, 0.3) is 10.6 Å². The summed E-state index contributed by atoms with van der Waals surface area (Å²) in [5, 5.41) is 8.33. The largest absolute Gasteiger partial charge is 0.493 e. The lowest BCUT2D eigenvalue weighted by Gasteiger charge is -2.19. The standard InChI is InChI=1S/C23H27F3N3O5PS/c1-22(27,15-34-35(30)31)21-29-28-20(36-21)17-9-10-19(18(13-17)23(24,25)26)33-12-6-5-11-32-14-16-7-3-2-4-8-16/h2-4,7-10,13,35H,5-6,11-12,14-15,27H2,1H3,(H,30,31)/t22-/m0/s1. The fourth-order valence-electron chi connectivity index (χ4n) is 3.11. The van der Waals surface area contributed by atoms with Gasteiger partial charge in [0.2, 0.25) is 0 Å². The van der Waals surface area contributed by atoms with E-state index in [1.165, 1.54) is 19.1 Å². The fourth-order valence-corrected chi connectivity index (χ4v) is 4.41. The van der Waals surface area contributed by atoms with Crippen LogP contribution in [0.15, 0.2) is 48.5 Å². The Bertz CT molecular complexity index is 1150. The van der Waals surface area contributed by atoms with Crippen LogP contribution in [0.4, 0.5) is 13.2 Å². The predicted octanol–water partition coefficient (Wildman–Crippen LogP) is 5.17. The molecule has 3 rings (SSSR count). The minimum atomic E-state index is -4.64. The number of alkyl halides is 3. The zero-order valence-corrected chi connectivity index (χ0v) is 21.3. The summed E-state index contributed by atoms with van der Waals surface area (Å²) in [5.41, 5.74) is 5.16. The first kappa shape index (κ1) is 28.2. The van der Waals surface area contributed by atoms with Gasteiger partial charge in [0, 0.05) is 12.2 Å². The molecule has 13 heteroatoms. The smallest absolute Gasteiger partial charge is 0.419 e. The Balaban J connectivity index is 1.59. The van der Waals surface area contributed by atoms with Crippen molar-refractivity contribution < 1.29 is 36.6 Å². The number of hydrogen-bond donors (Lipinski definition) is 2. The minimum Gasteiger partial charge on any atom is -0.493 e. The molecule has 2 atom stereocenters. The summed E-state index contributed by atoms with van der Waals surface area (Å²) in [4.78, 5) is 8.85. The third-order valence-electron chi connectivity index (χ3n) is 4.99. The quantitative estimate of drug-likeness (QED) is 0.223. The van der Waals surface area contributed by atoms with Crippen molar-refractivity contribution >= 4 is 19.6 Å². The maximum Gasteiger partial charge on any atom is 0.419 e. The maximum atomic E-state index is 13.7. The zero-order valence-electron chi connectivity index (χ0n) is 19.5. The first-order valence-electron chi connectivity index (χ1n) is 11.0. The van der Waals surface area contributed by atoms with E-state index in [4.69, 9.17) is 20.1 Å². The molecule has 0 aliphatic heterocycles. The van der Waals surface area contributed by atoms with Gasteiger partial charge < -0.3 is 24.6 Å². The molecule has 0 saturated carbocycles. The lowest BCUT2D eigenvalue weighted by Crippen LogP contribution is -2.37. The fraction of sp³-hybridized carbons (Fsp3) is 0.391. The van der Waals surface area contributed by atoms with Gasteiger partial charge in [-0.1, -0.05) is 41.7 Å². The molecule has 0 radical (unpaired) electrons. The molecule has 196 valence electrons. The van der Waals surface area contributed by atoms with E-state index in [2.05, 4.69) is 14.7 Å². The molecule has 0 fully saturated rings. The second-order valence-electron chi connectivity index (χ2n) is 8.19. The topological polar surface area (TPSA) is 117 Å². The third-order valence-corrected chi connectivity index (χ3v) is 6.64. The zero-order chi connectivity index (χ0) is 26.2. The average molecular weight is 546 g/mol. The molecule has 1 aromatic heterocycles.